The number of aliphatic carboxylic acids is 1. The third-order valence-electron chi connectivity index (χ3n) is 4.75. The molecule has 0 unspecified atom stereocenters. The highest BCUT2D eigenvalue weighted by Gasteiger charge is 2.34. The number of nitrogens with one attached hydrogen (secondary N) is 1. The molecule has 1 aliphatic heterocycles. The molecule has 0 spiro atoms. The molecule has 2 aromatic carbocycles. The number of carboxylic acid groups (broad SMARTS) is 1. The number of para-hydroxylation sites is 1. The standard InChI is InChI=1S/C20H21BrN2O5/c1-27-17-9-12-7-8-23(20(26)22-15-6-4-3-5-14(15)21)16(11-19(24)25)13(12)10-18(17)28-2/h3-6,9-10,16H,7-8,11H2,1-2H3,(H,22,26)(H,24,25)/t16-/m1/s1. The van der Waals surface area contributed by atoms with Crippen molar-refractivity contribution in [2.45, 2.75) is 18.9 Å². The Bertz CT molecular complexity index is 902. The van der Waals surface area contributed by atoms with E-state index in [9.17, 15) is 14.7 Å². The number of amides is 2. The molecule has 28 heavy (non-hydrogen) atoms. The molecule has 0 saturated carbocycles. The first-order chi connectivity index (χ1) is 13.4. The molecule has 0 aromatic heterocycles. The Balaban J connectivity index is 1.95. The van der Waals surface area contributed by atoms with Crippen LogP contribution in [0.1, 0.15) is 23.6 Å². The summed E-state index contributed by atoms with van der Waals surface area (Å²) in [6.07, 6.45) is 0.390. The van der Waals surface area contributed by atoms with Gasteiger partial charge < -0.3 is 24.8 Å². The number of halogens is 1. The molecule has 0 radical (unpaired) electrons. The number of hydrogen-bond acceptors (Lipinski definition) is 4. The smallest absolute Gasteiger partial charge is 0.322 e. The number of carbonyl (C=O) groups is 2. The highest BCUT2D eigenvalue weighted by molar-refractivity contribution is 9.10. The maximum atomic E-state index is 12.9. The minimum absolute atomic E-state index is 0.203. The summed E-state index contributed by atoms with van der Waals surface area (Å²) in [7, 11) is 3.08. The summed E-state index contributed by atoms with van der Waals surface area (Å²) >= 11 is 3.41. The van der Waals surface area contributed by atoms with E-state index in [1.807, 2.05) is 24.3 Å². The van der Waals surface area contributed by atoms with Crippen molar-refractivity contribution in [3.8, 4) is 11.5 Å². The van der Waals surface area contributed by atoms with Crippen molar-refractivity contribution in [1.29, 1.82) is 0 Å². The van der Waals surface area contributed by atoms with Gasteiger partial charge in [-0.2, -0.15) is 0 Å². The van der Waals surface area contributed by atoms with Gasteiger partial charge in [0.25, 0.3) is 0 Å². The van der Waals surface area contributed by atoms with Gasteiger partial charge in [-0.1, -0.05) is 12.1 Å². The van der Waals surface area contributed by atoms with Crippen LogP contribution in [0.2, 0.25) is 0 Å². The summed E-state index contributed by atoms with van der Waals surface area (Å²) < 4.78 is 11.5. The Morgan fingerprint density at radius 1 is 1.21 bits per heavy atom. The van der Waals surface area contributed by atoms with Crippen molar-refractivity contribution in [1.82, 2.24) is 4.90 Å². The molecule has 8 heteroatoms. The highest BCUT2D eigenvalue weighted by Crippen LogP contribution is 2.39. The van der Waals surface area contributed by atoms with E-state index < -0.39 is 12.0 Å². The predicted octanol–water partition coefficient (Wildman–Crippen LogP) is 4.07. The van der Waals surface area contributed by atoms with Crippen molar-refractivity contribution >= 4 is 33.6 Å². The fourth-order valence-corrected chi connectivity index (χ4v) is 3.79. The Morgan fingerprint density at radius 3 is 2.54 bits per heavy atom. The molecular formula is C20H21BrN2O5. The second-order valence-corrected chi connectivity index (χ2v) is 7.23. The summed E-state index contributed by atoms with van der Waals surface area (Å²) in [5, 5.41) is 12.3. The van der Waals surface area contributed by atoms with Crippen molar-refractivity contribution in [3.05, 3.63) is 52.0 Å². The molecule has 7 nitrogen and oxygen atoms in total. The second-order valence-electron chi connectivity index (χ2n) is 6.37. The number of ether oxygens (including phenoxy) is 2. The maximum Gasteiger partial charge on any atom is 0.322 e. The zero-order valence-corrected chi connectivity index (χ0v) is 17.2. The first-order valence-electron chi connectivity index (χ1n) is 8.73. The van der Waals surface area contributed by atoms with Gasteiger partial charge in [0.15, 0.2) is 11.5 Å². The second kappa shape index (κ2) is 8.52. The summed E-state index contributed by atoms with van der Waals surface area (Å²) in [5.41, 5.74) is 2.34. The van der Waals surface area contributed by atoms with E-state index in [-0.39, 0.29) is 12.5 Å². The third-order valence-corrected chi connectivity index (χ3v) is 5.44. The highest BCUT2D eigenvalue weighted by atomic mass is 79.9. The lowest BCUT2D eigenvalue weighted by Crippen LogP contribution is -2.43. The van der Waals surface area contributed by atoms with E-state index in [1.165, 1.54) is 7.11 Å². The third kappa shape index (κ3) is 4.06. The Morgan fingerprint density at radius 2 is 1.89 bits per heavy atom. The van der Waals surface area contributed by atoms with Crippen LogP contribution >= 0.6 is 15.9 Å². The van der Waals surface area contributed by atoms with Crippen molar-refractivity contribution < 1.29 is 24.2 Å². The van der Waals surface area contributed by atoms with Gasteiger partial charge in [-0.25, -0.2) is 4.79 Å². The van der Waals surface area contributed by atoms with Gasteiger partial charge in [-0.15, -0.1) is 0 Å². The fraction of sp³-hybridized carbons (Fsp3) is 0.300. The van der Waals surface area contributed by atoms with E-state index in [1.54, 1.807) is 24.1 Å². The molecule has 2 amide bonds. The molecule has 1 aliphatic rings. The molecule has 0 saturated heterocycles. The zero-order chi connectivity index (χ0) is 20.3. The van der Waals surface area contributed by atoms with E-state index >= 15 is 0 Å². The quantitative estimate of drug-likeness (QED) is 0.719. The number of hydrogen-bond donors (Lipinski definition) is 2. The van der Waals surface area contributed by atoms with Crippen LogP contribution in [0, 0.1) is 0 Å². The summed E-state index contributed by atoms with van der Waals surface area (Å²) in [6.45, 7) is 0.400. The van der Waals surface area contributed by atoms with Crippen molar-refractivity contribution in [2.24, 2.45) is 0 Å². The van der Waals surface area contributed by atoms with Gasteiger partial charge in [0, 0.05) is 11.0 Å². The number of rotatable bonds is 5. The molecule has 2 N–H and O–H groups in total. The van der Waals surface area contributed by atoms with Gasteiger partial charge in [-0.3, -0.25) is 4.79 Å². The number of carbonyl (C=O) groups excluding carboxylic acids is 1. The van der Waals surface area contributed by atoms with E-state index in [0.717, 1.165) is 15.6 Å². The molecule has 148 valence electrons. The number of urea groups is 1. The number of carboxylic acids is 1. The monoisotopic (exact) mass is 448 g/mol. The lowest BCUT2D eigenvalue weighted by Gasteiger charge is -2.37. The molecule has 0 bridgehead atoms. The Labute approximate surface area is 171 Å². The van der Waals surface area contributed by atoms with Gasteiger partial charge in [0.05, 0.1) is 32.4 Å². The number of fused-ring (bicyclic) bond motifs is 1. The molecule has 0 aliphatic carbocycles. The summed E-state index contributed by atoms with van der Waals surface area (Å²) in [5.74, 6) is 0.109. The molecule has 2 aromatic rings. The minimum atomic E-state index is -0.980. The topological polar surface area (TPSA) is 88.1 Å². The normalized spacial score (nSPS) is 15.5. The van der Waals surface area contributed by atoms with Crippen LogP contribution in [0.4, 0.5) is 10.5 Å². The van der Waals surface area contributed by atoms with Gasteiger partial charge in [-0.05, 0) is 57.7 Å². The van der Waals surface area contributed by atoms with E-state index in [0.29, 0.717) is 30.2 Å². The average molecular weight is 449 g/mol. The van der Waals surface area contributed by atoms with Crippen LogP contribution in [0.5, 0.6) is 11.5 Å². The number of anilines is 1. The van der Waals surface area contributed by atoms with Crippen LogP contribution in [-0.2, 0) is 11.2 Å². The summed E-state index contributed by atoms with van der Waals surface area (Å²) in [6, 6.07) is 9.93. The minimum Gasteiger partial charge on any atom is -0.493 e. The van der Waals surface area contributed by atoms with Crippen LogP contribution < -0.4 is 14.8 Å². The van der Waals surface area contributed by atoms with Crippen molar-refractivity contribution in [2.75, 3.05) is 26.1 Å². The van der Waals surface area contributed by atoms with E-state index in [4.69, 9.17) is 9.47 Å². The zero-order valence-electron chi connectivity index (χ0n) is 15.6. The van der Waals surface area contributed by atoms with Crippen LogP contribution in [0.3, 0.4) is 0 Å². The largest absolute Gasteiger partial charge is 0.493 e. The number of methoxy groups -OCH3 is 2. The Kier molecular flexibility index (Phi) is 6.08. The fourth-order valence-electron chi connectivity index (χ4n) is 3.41. The molecule has 0 fully saturated rings. The molecule has 1 atom stereocenters. The van der Waals surface area contributed by atoms with Crippen molar-refractivity contribution in [3.63, 3.8) is 0 Å². The van der Waals surface area contributed by atoms with Gasteiger partial charge in [0.2, 0.25) is 0 Å². The van der Waals surface area contributed by atoms with Gasteiger partial charge in [0.1, 0.15) is 0 Å². The SMILES string of the molecule is COc1cc2c(cc1OC)[C@@H](CC(=O)O)N(C(=O)Nc1ccccc1Br)CC2. The lowest BCUT2D eigenvalue weighted by molar-refractivity contribution is -0.138. The first kappa shape index (κ1) is 20.0. The molecular weight excluding hydrogens is 428 g/mol. The summed E-state index contributed by atoms with van der Waals surface area (Å²) in [4.78, 5) is 26.0. The molecule has 1 heterocycles. The van der Waals surface area contributed by atoms with Crippen LogP contribution in [-0.4, -0.2) is 42.8 Å². The predicted molar refractivity (Wildman–Crippen MR) is 108 cm³/mol. The number of benzene rings is 2. The Hall–Kier alpha value is -2.74. The lowest BCUT2D eigenvalue weighted by atomic mass is 9.90. The van der Waals surface area contributed by atoms with Crippen LogP contribution in [0.25, 0.3) is 0 Å². The number of nitrogens with zero attached hydrogens (tertiary/aromatic N) is 1. The average Bonchev–Trinajstić information content (AvgIpc) is 2.68. The van der Waals surface area contributed by atoms with E-state index in [2.05, 4.69) is 21.2 Å². The molecule has 3 rings (SSSR count). The maximum absolute atomic E-state index is 12.9. The van der Waals surface area contributed by atoms with Crippen LogP contribution in [0.15, 0.2) is 40.9 Å². The first-order valence-corrected chi connectivity index (χ1v) is 9.52. The van der Waals surface area contributed by atoms with Gasteiger partial charge >= 0.3 is 12.0 Å².